The molecule has 5 rings (SSSR count). The number of allylic oxidation sites excluding steroid dienone is 2. The summed E-state index contributed by atoms with van der Waals surface area (Å²) in [5, 5.41) is 0. The molecule has 7 atom stereocenters. The maximum atomic E-state index is 12.4. The van der Waals surface area contributed by atoms with Crippen molar-refractivity contribution in [2.45, 2.75) is 78.2 Å². The van der Waals surface area contributed by atoms with Gasteiger partial charge in [0.1, 0.15) is 0 Å². The van der Waals surface area contributed by atoms with Crippen LogP contribution < -0.4 is 0 Å². The highest BCUT2D eigenvalue weighted by Crippen LogP contribution is 2.87. The molecule has 4 saturated carbocycles. The Kier molecular flexibility index (Phi) is 3.48. The fourth-order valence-corrected chi connectivity index (χ4v) is 9.26. The smallest absolute Gasteiger partial charge is 0.156 e. The van der Waals surface area contributed by atoms with Crippen LogP contribution in [-0.4, -0.2) is 30.8 Å². The second kappa shape index (κ2) is 5.17. The lowest BCUT2D eigenvalue weighted by Crippen LogP contribution is -2.55. The van der Waals surface area contributed by atoms with Crippen LogP contribution in [-0.2, 0) is 4.79 Å². The highest BCUT2D eigenvalue weighted by molar-refractivity contribution is 5.95. The van der Waals surface area contributed by atoms with E-state index in [1.54, 1.807) is 6.92 Å². The number of fused-ring (bicyclic) bond motifs is 2. The summed E-state index contributed by atoms with van der Waals surface area (Å²) in [5.74, 6) is 1.84. The first kappa shape index (κ1) is 18.2. The molecule has 0 aliphatic heterocycles. The molecule has 0 radical (unpaired) electrons. The van der Waals surface area contributed by atoms with Gasteiger partial charge in [0, 0.05) is 11.5 Å². The second-order valence-electron chi connectivity index (χ2n) is 11.4. The Bertz CT molecular complexity index is 764. The summed E-state index contributed by atoms with van der Waals surface area (Å²) < 4.78 is 0. The molecule has 5 aliphatic rings. The van der Waals surface area contributed by atoms with Crippen LogP contribution in [0.15, 0.2) is 23.8 Å². The molecule has 148 valence electrons. The summed E-state index contributed by atoms with van der Waals surface area (Å²) in [5.41, 5.74) is 4.16. The Morgan fingerprint density at radius 1 is 1.11 bits per heavy atom. The fourth-order valence-electron chi connectivity index (χ4n) is 9.26. The normalized spacial score (nSPS) is 53.2. The minimum absolute atomic E-state index is 0.100. The molecule has 4 fully saturated rings. The van der Waals surface area contributed by atoms with Crippen molar-refractivity contribution in [3.63, 3.8) is 0 Å². The molecule has 0 bridgehead atoms. The number of rotatable bonds is 2. The Labute approximate surface area is 165 Å². The van der Waals surface area contributed by atoms with Crippen LogP contribution in [0.3, 0.4) is 0 Å². The Balaban J connectivity index is 1.51. The Hall–Kier alpha value is -0.890. The third-order valence-corrected chi connectivity index (χ3v) is 10.7. The van der Waals surface area contributed by atoms with Gasteiger partial charge in [-0.05, 0) is 106 Å². The Morgan fingerprint density at radius 3 is 2.52 bits per heavy atom. The monoisotopic (exact) mass is 367 g/mol. The van der Waals surface area contributed by atoms with Crippen molar-refractivity contribution < 1.29 is 4.79 Å². The van der Waals surface area contributed by atoms with Crippen molar-refractivity contribution in [3.05, 3.63) is 23.8 Å². The molecule has 0 unspecified atom stereocenters. The predicted molar refractivity (Wildman–Crippen MR) is 110 cm³/mol. The predicted octanol–water partition coefficient (Wildman–Crippen LogP) is 5.39. The first-order valence-corrected chi connectivity index (χ1v) is 11.2. The van der Waals surface area contributed by atoms with E-state index < -0.39 is 0 Å². The first-order valence-electron chi connectivity index (χ1n) is 11.2. The fraction of sp³-hybridized carbons (Fsp3) is 0.800. The van der Waals surface area contributed by atoms with Crippen molar-refractivity contribution in [3.8, 4) is 0 Å². The van der Waals surface area contributed by atoms with Gasteiger partial charge in [-0.3, -0.25) is 4.79 Å². The van der Waals surface area contributed by atoms with Gasteiger partial charge in [0.2, 0.25) is 0 Å². The molecule has 0 saturated heterocycles. The highest BCUT2D eigenvalue weighted by Gasteiger charge is 2.80. The number of Topliss-reactive ketones (excluding diaryl/α,β-unsaturated/α-hetero) is 1. The van der Waals surface area contributed by atoms with Gasteiger partial charge in [0.05, 0.1) is 0 Å². The molecule has 2 heteroatoms. The van der Waals surface area contributed by atoms with Gasteiger partial charge in [-0.15, -0.1) is 0 Å². The lowest BCUT2D eigenvalue weighted by molar-refractivity contribution is -0.121. The number of carbonyl (C=O) groups is 1. The van der Waals surface area contributed by atoms with E-state index in [0.29, 0.717) is 22.7 Å². The van der Waals surface area contributed by atoms with Gasteiger partial charge < -0.3 is 4.90 Å². The molecule has 0 aromatic carbocycles. The van der Waals surface area contributed by atoms with Crippen molar-refractivity contribution in [1.82, 2.24) is 4.90 Å². The molecule has 0 aromatic heterocycles. The van der Waals surface area contributed by atoms with Gasteiger partial charge in [-0.2, -0.15) is 0 Å². The average molecular weight is 368 g/mol. The largest absolute Gasteiger partial charge is 0.303 e. The van der Waals surface area contributed by atoms with E-state index in [1.807, 2.05) is 0 Å². The van der Waals surface area contributed by atoms with Crippen molar-refractivity contribution in [2.24, 2.45) is 33.5 Å². The number of hydrogen-bond donors (Lipinski definition) is 0. The van der Waals surface area contributed by atoms with E-state index in [1.165, 1.54) is 50.5 Å². The van der Waals surface area contributed by atoms with E-state index in [2.05, 4.69) is 45.5 Å². The molecule has 2 nitrogen and oxygen atoms in total. The van der Waals surface area contributed by atoms with E-state index in [9.17, 15) is 4.79 Å². The third kappa shape index (κ3) is 1.85. The number of ketones is 1. The number of carbonyl (C=O) groups excluding carboxylic acids is 1. The summed E-state index contributed by atoms with van der Waals surface area (Å²) >= 11 is 0. The van der Waals surface area contributed by atoms with Gasteiger partial charge in [0.25, 0.3) is 0 Å². The second-order valence-corrected chi connectivity index (χ2v) is 11.4. The Morgan fingerprint density at radius 2 is 1.85 bits per heavy atom. The standard InChI is InChI=1S/C25H37NO/c1-16-18-7-8-21-23(4)11-9-19(17(2)27)22(23,3)13-14-25(21)15-24(18,25)12-10-20(16)26(5)6/h9,18,20-21H,1,7-8,10-15H2,2-6H3/t18-,20-,21+,22+,23-,24+,25-/m0/s1. The van der Waals surface area contributed by atoms with Gasteiger partial charge >= 0.3 is 0 Å². The van der Waals surface area contributed by atoms with Gasteiger partial charge in [-0.1, -0.05) is 32.1 Å². The van der Waals surface area contributed by atoms with Crippen LogP contribution in [0.2, 0.25) is 0 Å². The molecule has 0 aromatic rings. The molecule has 0 heterocycles. The summed E-state index contributed by atoms with van der Waals surface area (Å²) in [6, 6.07) is 0.580. The molecule has 2 spiro atoms. The SMILES string of the molecule is C=C1[C@@H](N(C)C)CC[C@]23C[C@]24CC[C@]2(C)C(C(C)=O)=CC[C@@]2(C)[C@H]4CC[C@@H]13. The first-order chi connectivity index (χ1) is 12.6. The van der Waals surface area contributed by atoms with Crippen molar-refractivity contribution >= 4 is 5.78 Å². The summed E-state index contributed by atoms with van der Waals surface area (Å²) in [6.07, 6.45) is 12.8. The number of hydrogen-bond acceptors (Lipinski definition) is 2. The van der Waals surface area contributed by atoms with E-state index >= 15 is 0 Å². The molecule has 27 heavy (non-hydrogen) atoms. The third-order valence-electron chi connectivity index (χ3n) is 10.7. The summed E-state index contributed by atoms with van der Waals surface area (Å²) in [7, 11) is 4.45. The van der Waals surface area contributed by atoms with E-state index in [0.717, 1.165) is 23.8 Å². The molecule has 5 aliphatic carbocycles. The van der Waals surface area contributed by atoms with Crippen LogP contribution in [0, 0.1) is 33.5 Å². The lowest BCUT2D eigenvalue weighted by atomic mass is 9.43. The minimum atomic E-state index is 0.100. The zero-order valence-corrected chi connectivity index (χ0v) is 18.0. The van der Waals surface area contributed by atoms with Gasteiger partial charge in [-0.25, -0.2) is 0 Å². The van der Waals surface area contributed by atoms with Gasteiger partial charge in [0.15, 0.2) is 5.78 Å². The van der Waals surface area contributed by atoms with Crippen LogP contribution in [0.4, 0.5) is 0 Å². The maximum Gasteiger partial charge on any atom is 0.156 e. The zero-order valence-electron chi connectivity index (χ0n) is 18.0. The van der Waals surface area contributed by atoms with Crippen LogP contribution in [0.1, 0.15) is 72.1 Å². The molecule has 0 amide bonds. The molecule has 0 N–H and O–H groups in total. The van der Waals surface area contributed by atoms with Crippen molar-refractivity contribution in [2.75, 3.05) is 14.1 Å². The van der Waals surface area contributed by atoms with Crippen LogP contribution >= 0.6 is 0 Å². The van der Waals surface area contributed by atoms with Crippen molar-refractivity contribution in [1.29, 1.82) is 0 Å². The number of likely N-dealkylation sites (N-methyl/N-ethyl adjacent to an activating group) is 1. The minimum Gasteiger partial charge on any atom is -0.303 e. The quantitative estimate of drug-likeness (QED) is 0.610. The number of nitrogens with zero attached hydrogens (tertiary/aromatic N) is 1. The highest BCUT2D eigenvalue weighted by atomic mass is 16.1. The van der Waals surface area contributed by atoms with E-state index in [-0.39, 0.29) is 10.8 Å². The average Bonchev–Trinajstić information content (AvgIpc) is 3.16. The topological polar surface area (TPSA) is 20.3 Å². The van der Waals surface area contributed by atoms with Crippen LogP contribution in [0.5, 0.6) is 0 Å². The van der Waals surface area contributed by atoms with E-state index in [4.69, 9.17) is 0 Å². The lowest BCUT2D eigenvalue weighted by Gasteiger charge is -2.61. The molecular formula is C25H37NO. The van der Waals surface area contributed by atoms with Crippen LogP contribution in [0.25, 0.3) is 0 Å². The maximum absolute atomic E-state index is 12.4. The molecular weight excluding hydrogens is 330 g/mol. The zero-order chi connectivity index (χ0) is 19.4. The summed E-state index contributed by atoms with van der Waals surface area (Å²) in [4.78, 5) is 14.8. The summed E-state index contributed by atoms with van der Waals surface area (Å²) in [6.45, 7) is 11.4.